The highest BCUT2D eigenvalue weighted by molar-refractivity contribution is 6.32. The topological polar surface area (TPSA) is 54.9 Å². The van der Waals surface area contributed by atoms with Gasteiger partial charge in [-0.1, -0.05) is 23.7 Å². The molecule has 0 saturated carbocycles. The smallest absolute Gasteiger partial charge is 0.156 e. The molecule has 0 amide bonds. The van der Waals surface area contributed by atoms with Gasteiger partial charge in [0.15, 0.2) is 6.29 Å². The van der Waals surface area contributed by atoms with E-state index < -0.39 is 0 Å². The molecule has 4 nitrogen and oxygen atoms in total. The molecular weight excluding hydrogens is 250 g/mol. The average Bonchev–Trinajstić information content (AvgIpc) is 2.34. The summed E-state index contributed by atoms with van der Waals surface area (Å²) in [4.78, 5) is 18.8. The number of halogens is 1. The van der Waals surface area contributed by atoms with E-state index in [4.69, 9.17) is 11.6 Å². The Bertz CT molecular complexity index is 599. The van der Waals surface area contributed by atoms with Gasteiger partial charge in [-0.3, -0.25) is 4.79 Å². The number of nitrogens with zero attached hydrogens (tertiary/aromatic N) is 2. The number of benzene rings is 1. The van der Waals surface area contributed by atoms with Crippen molar-refractivity contribution in [3.63, 3.8) is 0 Å². The monoisotopic (exact) mass is 261 g/mol. The van der Waals surface area contributed by atoms with Crippen molar-refractivity contribution in [3.8, 4) is 0 Å². The molecular formula is C13H12ClN3O. The zero-order valence-electron chi connectivity index (χ0n) is 10.1. The van der Waals surface area contributed by atoms with Crippen LogP contribution in [0.4, 0.5) is 11.5 Å². The van der Waals surface area contributed by atoms with Crippen molar-refractivity contribution < 1.29 is 4.79 Å². The fourth-order valence-electron chi connectivity index (χ4n) is 1.58. The first-order chi connectivity index (χ1) is 8.61. The predicted octanol–water partition coefficient (Wildman–Crippen LogP) is 3.30. The molecule has 2 rings (SSSR count). The first kappa shape index (κ1) is 12.5. The lowest BCUT2D eigenvalue weighted by molar-refractivity contribution is 0.112. The number of carbonyl (C=O) groups is 1. The van der Waals surface area contributed by atoms with Gasteiger partial charge in [0.2, 0.25) is 0 Å². The Morgan fingerprint density at radius 3 is 2.78 bits per heavy atom. The van der Waals surface area contributed by atoms with Crippen molar-refractivity contribution in [1.82, 2.24) is 9.97 Å². The molecule has 1 N–H and O–H groups in total. The van der Waals surface area contributed by atoms with Crippen molar-refractivity contribution in [2.45, 2.75) is 13.8 Å². The summed E-state index contributed by atoms with van der Waals surface area (Å²) in [5.74, 6) is 0.415. The highest BCUT2D eigenvalue weighted by Crippen LogP contribution is 2.24. The molecule has 2 aromatic rings. The Balaban J connectivity index is 2.43. The van der Waals surface area contributed by atoms with Gasteiger partial charge in [-0.2, -0.15) is 0 Å². The zero-order chi connectivity index (χ0) is 13.1. The van der Waals surface area contributed by atoms with Crippen LogP contribution in [0.1, 0.15) is 21.5 Å². The second-order valence-electron chi connectivity index (χ2n) is 3.99. The molecule has 0 atom stereocenters. The number of anilines is 2. The number of aldehydes is 1. The fourth-order valence-corrected chi connectivity index (χ4v) is 1.75. The van der Waals surface area contributed by atoms with E-state index in [0.717, 1.165) is 16.8 Å². The van der Waals surface area contributed by atoms with E-state index in [1.165, 1.54) is 6.33 Å². The molecule has 0 aliphatic rings. The fraction of sp³-hybridized carbons (Fsp3) is 0.154. The van der Waals surface area contributed by atoms with Crippen LogP contribution in [0.3, 0.4) is 0 Å². The molecule has 0 aliphatic heterocycles. The van der Waals surface area contributed by atoms with Crippen LogP contribution in [-0.2, 0) is 0 Å². The van der Waals surface area contributed by atoms with Gasteiger partial charge >= 0.3 is 0 Å². The molecule has 5 heteroatoms. The van der Waals surface area contributed by atoms with E-state index in [2.05, 4.69) is 15.3 Å². The van der Waals surface area contributed by atoms with Crippen LogP contribution in [0.25, 0.3) is 0 Å². The average molecular weight is 262 g/mol. The van der Waals surface area contributed by atoms with Gasteiger partial charge in [0, 0.05) is 5.69 Å². The highest BCUT2D eigenvalue weighted by Gasteiger charge is 2.10. The van der Waals surface area contributed by atoms with Crippen LogP contribution in [0.5, 0.6) is 0 Å². The summed E-state index contributed by atoms with van der Waals surface area (Å²) in [5.41, 5.74) is 3.34. The van der Waals surface area contributed by atoms with Gasteiger partial charge < -0.3 is 5.32 Å². The van der Waals surface area contributed by atoms with Crippen LogP contribution in [0.2, 0.25) is 5.15 Å². The van der Waals surface area contributed by atoms with E-state index >= 15 is 0 Å². The molecule has 0 fully saturated rings. The molecule has 0 bridgehead atoms. The molecule has 1 heterocycles. The molecule has 0 spiro atoms. The van der Waals surface area contributed by atoms with E-state index in [-0.39, 0.29) is 10.7 Å². The molecule has 0 radical (unpaired) electrons. The van der Waals surface area contributed by atoms with Crippen LogP contribution < -0.4 is 5.32 Å². The summed E-state index contributed by atoms with van der Waals surface area (Å²) in [6.45, 7) is 3.98. The SMILES string of the molecule is Cc1ccc(C)c(Nc2ncnc(Cl)c2C=O)c1. The lowest BCUT2D eigenvalue weighted by Gasteiger charge is -2.11. The molecule has 0 saturated heterocycles. The maximum Gasteiger partial charge on any atom is 0.156 e. The van der Waals surface area contributed by atoms with E-state index in [9.17, 15) is 4.79 Å². The lowest BCUT2D eigenvalue weighted by Crippen LogP contribution is -2.02. The number of hydrogen-bond donors (Lipinski definition) is 1. The Labute approximate surface area is 110 Å². The Morgan fingerprint density at radius 2 is 2.06 bits per heavy atom. The van der Waals surface area contributed by atoms with Gasteiger partial charge in [0.05, 0.1) is 5.56 Å². The van der Waals surface area contributed by atoms with Crippen molar-refractivity contribution in [3.05, 3.63) is 46.4 Å². The summed E-state index contributed by atoms with van der Waals surface area (Å²) in [6, 6.07) is 6.01. The van der Waals surface area contributed by atoms with E-state index in [1.807, 2.05) is 32.0 Å². The number of aryl methyl sites for hydroxylation is 2. The Morgan fingerprint density at radius 1 is 1.28 bits per heavy atom. The zero-order valence-corrected chi connectivity index (χ0v) is 10.8. The maximum absolute atomic E-state index is 11.0. The summed E-state index contributed by atoms with van der Waals surface area (Å²) in [7, 11) is 0. The van der Waals surface area contributed by atoms with Gasteiger partial charge in [0.25, 0.3) is 0 Å². The highest BCUT2D eigenvalue weighted by atomic mass is 35.5. The van der Waals surface area contributed by atoms with Crippen LogP contribution >= 0.6 is 11.6 Å². The summed E-state index contributed by atoms with van der Waals surface area (Å²) in [6.07, 6.45) is 1.97. The number of hydrogen-bond acceptors (Lipinski definition) is 4. The molecule has 0 aliphatic carbocycles. The van der Waals surface area contributed by atoms with Crippen molar-refractivity contribution in [2.24, 2.45) is 0 Å². The third-order valence-electron chi connectivity index (χ3n) is 2.60. The van der Waals surface area contributed by atoms with Gasteiger partial charge in [-0.15, -0.1) is 0 Å². The molecule has 1 aromatic carbocycles. The number of aromatic nitrogens is 2. The predicted molar refractivity (Wildman–Crippen MR) is 71.6 cm³/mol. The third kappa shape index (κ3) is 2.49. The van der Waals surface area contributed by atoms with Gasteiger partial charge in [0.1, 0.15) is 17.3 Å². The number of nitrogens with one attached hydrogen (secondary N) is 1. The van der Waals surface area contributed by atoms with E-state index in [1.54, 1.807) is 0 Å². The van der Waals surface area contributed by atoms with Crippen molar-refractivity contribution in [1.29, 1.82) is 0 Å². The number of carbonyl (C=O) groups excluding carboxylic acids is 1. The van der Waals surface area contributed by atoms with E-state index in [0.29, 0.717) is 12.1 Å². The molecule has 18 heavy (non-hydrogen) atoms. The lowest BCUT2D eigenvalue weighted by atomic mass is 10.1. The number of rotatable bonds is 3. The van der Waals surface area contributed by atoms with Gasteiger partial charge in [-0.05, 0) is 31.0 Å². The summed E-state index contributed by atoms with van der Waals surface area (Å²) in [5, 5.41) is 3.25. The second-order valence-corrected chi connectivity index (χ2v) is 4.35. The first-order valence-corrected chi connectivity index (χ1v) is 5.79. The largest absolute Gasteiger partial charge is 0.339 e. The molecule has 1 aromatic heterocycles. The third-order valence-corrected chi connectivity index (χ3v) is 2.90. The van der Waals surface area contributed by atoms with Crippen LogP contribution in [0, 0.1) is 13.8 Å². The quantitative estimate of drug-likeness (QED) is 0.680. The Kier molecular flexibility index (Phi) is 3.58. The summed E-state index contributed by atoms with van der Waals surface area (Å²) < 4.78 is 0. The molecule has 92 valence electrons. The molecule has 0 unspecified atom stereocenters. The normalized spacial score (nSPS) is 10.2. The Hall–Kier alpha value is -1.94. The standard InChI is InChI=1S/C13H12ClN3O/c1-8-3-4-9(2)11(5-8)17-13-10(6-18)12(14)15-7-16-13/h3-7H,1-2H3,(H,15,16,17). The maximum atomic E-state index is 11.0. The second kappa shape index (κ2) is 5.14. The summed E-state index contributed by atoms with van der Waals surface area (Å²) >= 11 is 5.84. The first-order valence-electron chi connectivity index (χ1n) is 5.42. The van der Waals surface area contributed by atoms with Gasteiger partial charge in [-0.25, -0.2) is 9.97 Å². The van der Waals surface area contributed by atoms with Crippen molar-refractivity contribution >= 4 is 29.4 Å². The minimum absolute atomic E-state index is 0.146. The van der Waals surface area contributed by atoms with Crippen LogP contribution in [-0.4, -0.2) is 16.3 Å². The van der Waals surface area contributed by atoms with Crippen LogP contribution in [0.15, 0.2) is 24.5 Å². The minimum Gasteiger partial charge on any atom is -0.339 e. The minimum atomic E-state index is 0.146. The van der Waals surface area contributed by atoms with Crippen molar-refractivity contribution in [2.75, 3.05) is 5.32 Å².